The van der Waals surface area contributed by atoms with Gasteiger partial charge in [-0.2, -0.15) is 0 Å². The van der Waals surface area contributed by atoms with Gasteiger partial charge in [0.25, 0.3) is 0 Å². The predicted molar refractivity (Wildman–Crippen MR) is 96.7 cm³/mol. The Labute approximate surface area is 144 Å². The van der Waals surface area contributed by atoms with Gasteiger partial charge in [0.1, 0.15) is 11.5 Å². The van der Waals surface area contributed by atoms with Gasteiger partial charge in [0.15, 0.2) is 0 Å². The summed E-state index contributed by atoms with van der Waals surface area (Å²) in [7, 11) is -0.825. The van der Waals surface area contributed by atoms with E-state index in [2.05, 4.69) is 10.6 Å². The van der Waals surface area contributed by atoms with Crippen LogP contribution in [0.5, 0.6) is 11.5 Å². The molecular weight excluding hydrogens is 324 g/mol. The summed E-state index contributed by atoms with van der Waals surface area (Å²) in [6.07, 6.45) is 2.36. The lowest BCUT2D eigenvalue weighted by Crippen LogP contribution is -2.36. The SMILES string of the molecule is CS(=O)CCCNC(=O)NCc1ccccc1Oc1ccccc1. The first kappa shape index (κ1) is 18.0. The lowest BCUT2D eigenvalue weighted by molar-refractivity contribution is 0.240. The smallest absolute Gasteiger partial charge is 0.315 e. The average molecular weight is 346 g/mol. The monoisotopic (exact) mass is 346 g/mol. The molecule has 0 aliphatic carbocycles. The van der Waals surface area contributed by atoms with Crippen molar-refractivity contribution in [3.05, 3.63) is 60.2 Å². The van der Waals surface area contributed by atoms with Crippen LogP contribution in [0.15, 0.2) is 54.6 Å². The van der Waals surface area contributed by atoms with Crippen molar-refractivity contribution >= 4 is 16.8 Å². The molecule has 2 rings (SSSR count). The molecule has 0 saturated heterocycles. The number of carbonyl (C=O) groups excluding carboxylic acids is 1. The predicted octanol–water partition coefficient (Wildman–Crippen LogP) is 3.05. The van der Waals surface area contributed by atoms with E-state index in [1.54, 1.807) is 6.26 Å². The van der Waals surface area contributed by atoms with Crippen LogP contribution in [0.25, 0.3) is 0 Å². The van der Waals surface area contributed by atoms with E-state index in [0.29, 0.717) is 31.0 Å². The fraction of sp³-hybridized carbons (Fsp3) is 0.278. The maximum atomic E-state index is 11.8. The Morgan fingerprint density at radius 2 is 1.75 bits per heavy atom. The molecular formula is C18H22N2O3S. The van der Waals surface area contributed by atoms with Crippen molar-refractivity contribution in [2.45, 2.75) is 13.0 Å². The Balaban J connectivity index is 1.84. The molecule has 1 atom stereocenters. The van der Waals surface area contributed by atoms with Gasteiger partial charge >= 0.3 is 6.03 Å². The normalized spacial score (nSPS) is 11.5. The van der Waals surface area contributed by atoms with Crippen LogP contribution in [-0.4, -0.2) is 28.8 Å². The number of hydrogen-bond acceptors (Lipinski definition) is 3. The molecule has 5 nitrogen and oxygen atoms in total. The zero-order valence-corrected chi connectivity index (χ0v) is 14.5. The minimum absolute atomic E-state index is 0.244. The zero-order chi connectivity index (χ0) is 17.2. The highest BCUT2D eigenvalue weighted by Crippen LogP contribution is 2.24. The van der Waals surface area contributed by atoms with Crippen molar-refractivity contribution < 1.29 is 13.7 Å². The van der Waals surface area contributed by atoms with E-state index in [-0.39, 0.29) is 6.03 Å². The van der Waals surface area contributed by atoms with Gasteiger partial charge in [-0.1, -0.05) is 36.4 Å². The highest BCUT2D eigenvalue weighted by atomic mass is 32.2. The standard InChI is InChI=1S/C18H22N2O3S/c1-24(22)13-7-12-19-18(21)20-14-15-8-5-6-11-17(15)23-16-9-3-2-4-10-16/h2-6,8-11H,7,12-14H2,1H3,(H2,19,20,21). The minimum Gasteiger partial charge on any atom is -0.457 e. The van der Waals surface area contributed by atoms with Crippen molar-refractivity contribution in [2.24, 2.45) is 0 Å². The molecule has 2 N–H and O–H groups in total. The van der Waals surface area contributed by atoms with Crippen molar-refractivity contribution in [1.82, 2.24) is 10.6 Å². The Hall–Kier alpha value is -2.34. The van der Waals surface area contributed by atoms with Crippen LogP contribution in [0, 0.1) is 0 Å². The number of ether oxygens (including phenoxy) is 1. The summed E-state index contributed by atoms with van der Waals surface area (Å²) in [6, 6.07) is 16.9. The summed E-state index contributed by atoms with van der Waals surface area (Å²) >= 11 is 0. The van der Waals surface area contributed by atoms with Gasteiger partial charge in [-0.15, -0.1) is 0 Å². The van der Waals surface area contributed by atoms with E-state index in [1.807, 2.05) is 54.6 Å². The second kappa shape index (κ2) is 9.72. The van der Waals surface area contributed by atoms with Crippen LogP contribution in [0.3, 0.4) is 0 Å². The number of urea groups is 1. The summed E-state index contributed by atoms with van der Waals surface area (Å²) in [4.78, 5) is 11.8. The molecule has 0 aliphatic rings. The fourth-order valence-corrected chi connectivity index (χ4v) is 2.63. The maximum Gasteiger partial charge on any atom is 0.315 e. The molecule has 0 aliphatic heterocycles. The van der Waals surface area contributed by atoms with Crippen LogP contribution < -0.4 is 15.4 Å². The topological polar surface area (TPSA) is 67.4 Å². The molecule has 1 unspecified atom stereocenters. The molecule has 2 aromatic carbocycles. The maximum absolute atomic E-state index is 11.8. The zero-order valence-electron chi connectivity index (χ0n) is 13.7. The third-order valence-electron chi connectivity index (χ3n) is 3.28. The molecule has 0 saturated carbocycles. The molecule has 2 aromatic rings. The Morgan fingerprint density at radius 3 is 2.50 bits per heavy atom. The van der Waals surface area contributed by atoms with Gasteiger partial charge in [-0.3, -0.25) is 4.21 Å². The third kappa shape index (κ3) is 6.42. The summed E-state index contributed by atoms with van der Waals surface area (Å²) in [5.74, 6) is 2.06. The molecule has 128 valence electrons. The van der Waals surface area contributed by atoms with E-state index in [0.717, 1.165) is 11.3 Å². The molecule has 0 heterocycles. The van der Waals surface area contributed by atoms with Gasteiger partial charge in [0.2, 0.25) is 0 Å². The summed E-state index contributed by atoms with van der Waals surface area (Å²) < 4.78 is 16.8. The number of nitrogens with one attached hydrogen (secondary N) is 2. The summed E-state index contributed by atoms with van der Waals surface area (Å²) in [5.41, 5.74) is 0.895. The van der Waals surface area contributed by atoms with E-state index >= 15 is 0 Å². The van der Waals surface area contributed by atoms with Crippen molar-refractivity contribution in [1.29, 1.82) is 0 Å². The Morgan fingerprint density at radius 1 is 1.04 bits per heavy atom. The van der Waals surface area contributed by atoms with Gasteiger partial charge in [-0.05, 0) is 24.6 Å². The first-order valence-electron chi connectivity index (χ1n) is 7.77. The highest BCUT2D eigenvalue weighted by molar-refractivity contribution is 7.84. The molecule has 0 aromatic heterocycles. The third-order valence-corrected chi connectivity index (χ3v) is 4.14. The summed E-state index contributed by atoms with van der Waals surface area (Å²) in [5, 5.41) is 5.56. The number of benzene rings is 2. The lowest BCUT2D eigenvalue weighted by Gasteiger charge is -2.12. The second-order valence-electron chi connectivity index (χ2n) is 5.26. The van der Waals surface area contributed by atoms with Crippen molar-refractivity contribution in [3.63, 3.8) is 0 Å². The van der Waals surface area contributed by atoms with Gasteiger partial charge in [0, 0.05) is 41.5 Å². The van der Waals surface area contributed by atoms with Crippen LogP contribution in [0.4, 0.5) is 4.79 Å². The fourth-order valence-electron chi connectivity index (χ4n) is 2.08. The average Bonchev–Trinajstić information content (AvgIpc) is 2.59. The minimum atomic E-state index is -0.825. The molecule has 0 fully saturated rings. The second-order valence-corrected chi connectivity index (χ2v) is 6.82. The van der Waals surface area contributed by atoms with Crippen LogP contribution in [0.1, 0.15) is 12.0 Å². The van der Waals surface area contributed by atoms with Gasteiger partial charge < -0.3 is 15.4 Å². The van der Waals surface area contributed by atoms with Crippen molar-refractivity contribution in [2.75, 3.05) is 18.6 Å². The molecule has 0 spiro atoms. The van der Waals surface area contributed by atoms with E-state index in [9.17, 15) is 9.00 Å². The van der Waals surface area contributed by atoms with Gasteiger partial charge in [-0.25, -0.2) is 4.79 Å². The first-order chi connectivity index (χ1) is 11.6. The molecule has 0 radical (unpaired) electrons. The van der Waals surface area contributed by atoms with Gasteiger partial charge in [0.05, 0.1) is 0 Å². The molecule has 2 amide bonds. The molecule has 0 bridgehead atoms. The van der Waals surface area contributed by atoms with E-state index in [4.69, 9.17) is 4.74 Å². The quantitative estimate of drug-likeness (QED) is 0.722. The molecule has 24 heavy (non-hydrogen) atoms. The van der Waals surface area contributed by atoms with Crippen LogP contribution in [-0.2, 0) is 17.3 Å². The number of amides is 2. The first-order valence-corrected chi connectivity index (χ1v) is 9.50. The number of carbonyl (C=O) groups is 1. The Kier molecular flexibility index (Phi) is 7.29. The molecule has 6 heteroatoms. The Bertz CT molecular complexity index is 677. The van der Waals surface area contributed by atoms with E-state index in [1.165, 1.54) is 0 Å². The largest absolute Gasteiger partial charge is 0.457 e. The van der Waals surface area contributed by atoms with E-state index < -0.39 is 10.8 Å². The number of rotatable bonds is 8. The van der Waals surface area contributed by atoms with Crippen LogP contribution >= 0.6 is 0 Å². The lowest BCUT2D eigenvalue weighted by atomic mass is 10.2. The number of hydrogen-bond donors (Lipinski definition) is 2. The van der Waals surface area contributed by atoms with Crippen molar-refractivity contribution in [3.8, 4) is 11.5 Å². The highest BCUT2D eigenvalue weighted by Gasteiger charge is 2.06. The summed E-state index contributed by atoms with van der Waals surface area (Å²) in [6.45, 7) is 0.877. The number of para-hydroxylation sites is 2. The van der Waals surface area contributed by atoms with Crippen LogP contribution in [0.2, 0.25) is 0 Å².